The van der Waals surface area contributed by atoms with Crippen LogP contribution in [0.15, 0.2) is 10.5 Å². The molecule has 0 aromatic carbocycles. The zero-order valence-corrected chi connectivity index (χ0v) is 9.37. The Balaban J connectivity index is 2.72. The predicted octanol–water partition coefficient (Wildman–Crippen LogP) is 1.65. The van der Waals surface area contributed by atoms with Crippen LogP contribution in [0.2, 0.25) is 0 Å². The molecule has 0 saturated carbocycles. The fourth-order valence-corrected chi connectivity index (χ4v) is 1.35. The molecular formula is C11H17NO3. The van der Waals surface area contributed by atoms with Crippen molar-refractivity contribution in [1.82, 2.24) is 0 Å². The topological polar surface area (TPSA) is 65.5 Å². The molecule has 4 nitrogen and oxygen atoms in total. The Morgan fingerprint density at radius 1 is 1.67 bits per heavy atom. The molecule has 0 aliphatic carbocycles. The highest BCUT2D eigenvalue weighted by Crippen LogP contribution is 2.17. The fourth-order valence-electron chi connectivity index (χ4n) is 1.35. The van der Waals surface area contributed by atoms with E-state index in [1.807, 2.05) is 6.92 Å². The van der Waals surface area contributed by atoms with Crippen molar-refractivity contribution in [2.75, 3.05) is 7.11 Å². The second-order valence-corrected chi connectivity index (χ2v) is 3.69. The maximum Gasteiger partial charge on any atom is 0.341 e. The summed E-state index contributed by atoms with van der Waals surface area (Å²) in [5.41, 5.74) is 6.14. The third kappa shape index (κ3) is 3.09. The lowest BCUT2D eigenvalue weighted by atomic mass is 10.1. The largest absolute Gasteiger partial charge is 0.465 e. The van der Waals surface area contributed by atoms with Gasteiger partial charge in [-0.2, -0.15) is 0 Å². The Morgan fingerprint density at radius 3 is 2.87 bits per heavy atom. The van der Waals surface area contributed by atoms with E-state index in [1.54, 1.807) is 13.0 Å². The smallest absolute Gasteiger partial charge is 0.341 e. The minimum absolute atomic E-state index is 0.136. The molecule has 1 aromatic heterocycles. The zero-order valence-electron chi connectivity index (χ0n) is 9.37. The molecule has 1 atom stereocenters. The van der Waals surface area contributed by atoms with Crippen molar-refractivity contribution in [1.29, 1.82) is 0 Å². The van der Waals surface area contributed by atoms with E-state index < -0.39 is 0 Å². The van der Waals surface area contributed by atoms with Crippen LogP contribution in [-0.4, -0.2) is 19.1 Å². The van der Waals surface area contributed by atoms with E-state index in [2.05, 4.69) is 4.74 Å². The molecular weight excluding hydrogens is 194 g/mol. The Labute approximate surface area is 89.4 Å². The highest BCUT2D eigenvalue weighted by atomic mass is 16.5. The maximum atomic E-state index is 11.3. The molecule has 15 heavy (non-hydrogen) atoms. The molecule has 1 heterocycles. The lowest BCUT2D eigenvalue weighted by molar-refractivity contribution is 0.0599. The molecule has 4 heteroatoms. The molecule has 0 amide bonds. The molecule has 0 fully saturated rings. The van der Waals surface area contributed by atoms with Crippen molar-refractivity contribution < 1.29 is 13.9 Å². The quantitative estimate of drug-likeness (QED) is 0.769. The van der Waals surface area contributed by atoms with E-state index in [0.717, 1.165) is 18.6 Å². The van der Waals surface area contributed by atoms with E-state index in [4.69, 9.17) is 10.2 Å². The summed E-state index contributed by atoms with van der Waals surface area (Å²) in [7, 11) is 1.36. The fraction of sp³-hybridized carbons (Fsp3) is 0.545. The molecule has 0 aliphatic rings. The molecule has 0 saturated heterocycles. The van der Waals surface area contributed by atoms with E-state index in [0.29, 0.717) is 11.3 Å². The number of methoxy groups -OCH3 is 1. The number of carbonyl (C=O) groups is 1. The van der Waals surface area contributed by atoms with Crippen LogP contribution in [0, 0.1) is 6.92 Å². The number of esters is 1. The van der Waals surface area contributed by atoms with Gasteiger partial charge in [0.15, 0.2) is 0 Å². The second-order valence-electron chi connectivity index (χ2n) is 3.69. The van der Waals surface area contributed by atoms with E-state index >= 15 is 0 Å². The van der Waals surface area contributed by atoms with Crippen molar-refractivity contribution in [3.8, 4) is 0 Å². The Morgan fingerprint density at radius 2 is 2.33 bits per heavy atom. The van der Waals surface area contributed by atoms with Gasteiger partial charge in [-0.15, -0.1) is 0 Å². The third-order valence-electron chi connectivity index (χ3n) is 2.22. The van der Waals surface area contributed by atoms with Gasteiger partial charge < -0.3 is 14.9 Å². The van der Waals surface area contributed by atoms with Gasteiger partial charge in [0.1, 0.15) is 17.1 Å². The van der Waals surface area contributed by atoms with E-state index in [9.17, 15) is 4.79 Å². The Kier molecular flexibility index (Phi) is 3.91. The molecule has 84 valence electrons. The molecule has 0 aliphatic heterocycles. The number of rotatable bonds is 4. The molecule has 0 radical (unpaired) electrons. The third-order valence-corrected chi connectivity index (χ3v) is 2.22. The van der Waals surface area contributed by atoms with Crippen molar-refractivity contribution in [2.45, 2.75) is 32.7 Å². The first-order chi connectivity index (χ1) is 7.04. The summed E-state index contributed by atoms with van der Waals surface area (Å²) < 4.78 is 10.1. The van der Waals surface area contributed by atoms with Gasteiger partial charge in [0.2, 0.25) is 0 Å². The summed E-state index contributed by atoms with van der Waals surface area (Å²) in [6.07, 6.45) is 1.59. The van der Waals surface area contributed by atoms with Gasteiger partial charge in [-0.25, -0.2) is 4.79 Å². The first-order valence-electron chi connectivity index (χ1n) is 4.97. The number of carbonyl (C=O) groups excluding carboxylic acids is 1. The Hall–Kier alpha value is -1.29. The number of hydrogen-bond donors (Lipinski definition) is 1. The SMILES string of the molecule is COC(=O)c1cc(CC[C@H](C)N)oc1C. The minimum atomic E-state index is -0.358. The van der Waals surface area contributed by atoms with Gasteiger partial charge >= 0.3 is 5.97 Å². The monoisotopic (exact) mass is 211 g/mol. The summed E-state index contributed by atoms with van der Waals surface area (Å²) in [4.78, 5) is 11.3. The first-order valence-corrected chi connectivity index (χ1v) is 4.97. The highest BCUT2D eigenvalue weighted by molar-refractivity contribution is 5.90. The lowest BCUT2D eigenvalue weighted by Crippen LogP contribution is -2.15. The van der Waals surface area contributed by atoms with Crippen molar-refractivity contribution in [3.05, 3.63) is 23.2 Å². The molecule has 2 N–H and O–H groups in total. The number of ether oxygens (including phenoxy) is 1. The van der Waals surface area contributed by atoms with Gasteiger partial charge in [0, 0.05) is 12.5 Å². The van der Waals surface area contributed by atoms with Crippen LogP contribution >= 0.6 is 0 Å². The number of hydrogen-bond acceptors (Lipinski definition) is 4. The predicted molar refractivity (Wildman–Crippen MR) is 56.8 cm³/mol. The van der Waals surface area contributed by atoms with Crippen LogP contribution in [0.3, 0.4) is 0 Å². The van der Waals surface area contributed by atoms with Crippen molar-refractivity contribution in [2.24, 2.45) is 5.73 Å². The lowest BCUT2D eigenvalue weighted by Gasteiger charge is -2.00. The zero-order chi connectivity index (χ0) is 11.4. The average Bonchev–Trinajstić information content (AvgIpc) is 2.55. The molecule has 1 rings (SSSR count). The number of furan rings is 1. The van der Waals surface area contributed by atoms with E-state index in [-0.39, 0.29) is 12.0 Å². The van der Waals surface area contributed by atoms with Crippen molar-refractivity contribution >= 4 is 5.97 Å². The number of nitrogens with two attached hydrogens (primary N) is 1. The van der Waals surface area contributed by atoms with Crippen LogP contribution in [0.4, 0.5) is 0 Å². The first kappa shape index (κ1) is 11.8. The molecule has 0 bridgehead atoms. The van der Waals surface area contributed by atoms with Crippen LogP contribution in [0.1, 0.15) is 35.2 Å². The summed E-state index contributed by atoms with van der Waals surface area (Å²) in [6.45, 7) is 3.69. The van der Waals surface area contributed by atoms with Crippen LogP contribution in [0.5, 0.6) is 0 Å². The van der Waals surface area contributed by atoms with Crippen LogP contribution in [-0.2, 0) is 11.2 Å². The van der Waals surface area contributed by atoms with Gasteiger partial charge in [-0.05, 0) is 26.3 Å². The van der Waals surface area contributed by atoms with Gasteiger partial charge in [0.05, 0.1) is 7.11 Å². The second kappa shape index (κ2) is 4.98. The van der Waals surface area contributed by atoms with Crippen molar-refractivity contribution in [3.63, 3.8) is 0 Å². The normalized spacial score (nSPS) is 12.5. The summed E-state index contributed by atoms with van der Waals surface area (Å²) >= 11 is 0. The van der Waals surface area contributed by atoms with Crippen LogP contribution < -0.4 is 5.73 Å². The minimum Gasteiger partial charge on any atom is -0.465 e. The average molecular weight is 211 g/mol. The summed E-state index contributed by atoms with van der Waals surface area (Å²) in [5, 5.41) is 0. The summed E-state index contributed by atoms with van der Waals surface area (Å²) in [5.74, 6) is 1.02. The highest BCUT2D eigenvalue weighted by Gasteiger charge is 2.15. The van der Waals surface area contributed by atoms with Gasteiger partial charge in [0.25, 0.3) is 0 Å². The summed E-state index contributed by atoms with van der Waals surface area (Å²) in [6, 6.07) is 1.86. The maximum absolute atomic E-state index is 11.3. The Bertz CT molecular complexity index is 342. The standard InChI is InChI=1S/C11H17NO3/c1-7(12)4-5-9-6-10(8(2)15-9)11(13)14-3/h6-7H,4-5,12H2,1-3H3/t7-/m0/s1. The van der Waals surface area contributed by atoms with Gasteiger partial charge in [-0.3, -0.25) is 0 Å². The van der Waals surface area contributed by atoms with E-state index in [1.165, 1.54) is 7.11 Å². The molecule has 0 unspecified atom stereocenters. The number of aryl methyl sites for hydroxylation is 2. The molecule has 1 aromatic rings. The van der Waals surface area contributed by atoms with Gasteiger partial charge in [-0.1, -0.05) is 0 Å². The molecule has 0 spiro atoms. The van der Waals surface area contributed by atoms with Crippen LogP contribution in [0.25, 0.3) is 0 Å².